The Kier molecular flexibility index (Phi) is 4.30. The molecule has 3 nitrogen and oxygen atoms in total. The molecule has 0 aromatic carbocycles. The first kappa shape index (κ1) is 12.3. The lowest BCUT2D eigenvalue weighted by Gasteiger charge is -2.05. The Morgan fingerprint density at radius 2 is 2.12 bits per heavy atom. The summed E-state index contributed by atoms with van der Waals surface area (Å²) < 4.78 is 0. The number of carbonyl (C=O) groups excluding carboxylic acids is 1. The summed E-state index contributed by atoms with van der Waals surface area (Å²) in [5, 5.41) is 10.3. The second-order valence-corrected chi connectivity index (χ2v) is 5.65. The molecule has 0 aliphatic heterocycles. The van der Waals surface area contributed by atoms with Crippen molar-refractivity contribution in [2.75, 3.05) is 5.32 Å². The van der Waals surface area contributed by atoms with Crippen LogP contribution in [0.3, 0.4) is 0 Å². The summed E-state index contributed by atoms with van der Waals surface area (Å²) in [6.07, 6.45) is 0. The van der Waals surface area contributed by atoms with Gasteiger partial charge in [0.15, 0.2) is 0 Å². The van der Waals surface area contributed by atoms with Gasteiger partial charge in [0.05, 0.1) is 5.69 Å². The van der Waals surface area contributed by atoms with Crippen LogP contribution in [0.2, 0.25) is 0 Å². The van der Waals surface area contributed by atoms with Crippen LogP contribution in [0.1, 0.15) is 16.7 Å². The Labute approximate surface area is 108 Å². The minimum Gasteiger partial charge on any atom is -0.325 e. The minimum atomic E-state index is -0.0251. The fraction of sp³-hybridized carbons (Fsp3) is 0.250. The maximum absolute atomic E-state index is 11.0. The topological polar surface area (TPSA) is 41.1 Å². The monoisotopic (exact) mass is 266 g/mol. The molecule has 1 amide bonds. The SMILES string of the molecule is CC(=O)Nc1ccsc1CNCc1cccs1. The Hall–Kier alpha value is -1.17. The molecule has 5 heteroatoms. The molecule has 0 spiro atoms. The highest BCUT2D eigenvalue weighted by Gasteiger charge is 2.05. The fourth-order valence-corrected chi connectivity index (χ4v) is 2.97. The number of anilines is 1. The number of rotatable bonds is 5. The van der Waals surface area contributed by atoms with Crippen LogP contribution in [-0.2, 0) is 17.9 Å². The Bertz CT molecular complexity index is 476. The third-order valence-electron chi connectivity index (χ3n) is 2.22. The van der Waals surface area contributed by atoms with Crippen molar-refractivity contribution < 1.29 is 4.79 Å². The average molecular weight is 266 g/mol. The zero-order valence-electron chi connectivity index (χ0n) is 9.53. The molecule has 0 bridgehead atoms. The highest BCUT2D eigenvalue weighted by molar-refractivity contribution is 7.10. The van der Waals surface area contributed by atoms with Gasteiger partial charge in [0, 0.05) is 29.8 Å². The molecular weight excluding hydrogens is 252 g/mol. The lowest BCUT2D eigenvalue weighted by atomic mass is 10.3. The quantitative estimate of drug-likeness (QED) is 0.873. The summed E-state index contributed by atoms with van der Waals surface area (Å²) >= 11 is 3.40. The number of nitrogens with one attached hydrogen (secondary N) is 2. The molecule has 2 rings (SSSR count). The molecule has 0 aliphatic rings. The van der Waals surface area contributed by atoms with Gasteiger partial charge in [-0.15, -0.1) is 22.7 Å². The van der Waals surface area contributed by atoms with Crippen molar-refractivity contribution >= 4 is 34.3 Å². The van der Waals surface area contributed by atoms with Crippen LogP contribution in [0.5, 0.6) is 0 Å². The first-order valence-electron chi connectivity index (χ1n) is 5.33. The first-order valence-corrected chi connectivity index (χ1v) is 7.08. The number of hydrogen-bond acceptors (Lipinski definition) is 4. The van der Waals surface area contributed by atoms with Crippen LogP contribution in [0.15, 0.2) is 29.0 Å². The standard InChI is InChI=1S/C12H14N2OS2/c1-9(15)14-11-4-6-17-12(11)8-13-7-10-3-2-5-16-10/h2-6,13H,7-8H2,1H3,(H,14,15). The smallest absolute Gasteiger partial charge is 0.221 e. The molecule has 2 aromatic rings. The number of carbonyl (C=O) groups is 1. The zero-order valence-corrected chi connectivity index (χ0v) is 11.2. The highest BCUT2D eigenvalue weighted by Crippen LogP contribution is 2.22. The van der Waals surface area contributed by atoms with E-state index in [1.54, 1.807) is 22.7 Å². The molecule has 0 saturated carbocycles. The third kappa shape index (κ3) is 3.66. The van der Waals surface area contributed by atoms with Gasteiger partial charge in [0.1, 0.15) is 0 Å². The van der Waals surface area contributed by atoms with Crippen LogP contribution in [0, 0.1) is 0 Å². The van der Waals surface area contributed by atoms with Gasteiger partial charge in [-0.1, -0.05) is 6.07 Å². The second-order valence-electron chi connectivity index (χ2n) is 3.62. The summed E-state index contributed by atoms with van der Waals surface area (Å²) in [6.45, 7) is 3.18. The molecule has 2 aromatic heterocycles. The van der Waals surface area contributed by atoms with Gasteiger partial charge in [0.2, 0.25) is 5.91 Å². The molecule has 0 saturated heterocycles. The minimum absolute atomic E-state index is 0.0251. The van der Waals surface area contributed by atoms with Crippen molar-refractivity contribution in [3.8, 4) is 0 Å². The molecule has 90 valence electrons. The van der Waals surface area contributed by atoms with E-state index in [1.807, 2.05) is 11.4 Å². The van der Waals surface area contributed by atoms with Crippen LogP contribution in [-0.4, -0.2) is 5.91 Å². The number of amides is 1. The van der Waals surface area contributed by atoms with Crippen LogP contribution in [0.4, 0.5) is 5.69 Å². The van der Waals surface area contributed by atoms with E-state index >= 15 is 0 Å². The van der Waals surface area contributed by atoms with E-state index < -0.39 is 0 Å². The van der Waals surface area contributed by atoms with E-state index in [4.69, 9.17) is 0 Å². The van der Waals surface area contributed by atoms with E-state index in [-0.39, 0.29) is 5.91 Å². The van der Waals surface area contributed by atoms with Crippen LogP contribution < -0.4 is 10.6 Å². The fourth-order valence-electron chi connectivity index (χ4n) is 1.49. The lowest BCUT2D eigenvalue weighted by Crippen LogP contribution is -2.13. The first-order chi connectivity index (χ1) is 8.25. The summed E-state index contributed by atoms with van der Waals surface area (Å²) in [5.41, 5.74) is 0.918. The third-order valence-corrected chi connectivity index (χ3v) is 4.02. The second kappa shape index (κ2) is 5.95. The summed E-state index contributed by atoms with van der Waals surface area (Å²) in [6, 6.07) is 6.10. The number of thiophene rings is 2. The molecule has 0 fully saturated rings. The summed E-state index contributed by atoms with van der Waals surface area (Å²) in [7, 11) is 0. The predicted octanol–water partition coefficient (Wildman–Crippen LogP) is 3.06. The molecular formula is C12H14N2OS2. The Morgan fingerprint density at radius 1 is 1.24 bits per heavy atom. The molecule has 2 heterocycles. The Morgan fingerprint density at radius 3 is 2.82 bits per heavy atom. The van der Waals surface area contributed by atoms with E-state index in [2.05, 4.69) is 28.1 Å². The largest absolute Gasteiger partial charge is 0.325 e. The van der Waals surface area contributed by atoms with E-state index in [0.717, 1.165) is 23.7 Å². The van der Waals surface area contributed by atoms with Crippen molar-refractivity contribution in [2.24, 2.45) is 0 Å². The van der Waals surface area contributed by atoms with Gasteiger partial charge in [-0.2, -0.15) is 0 Å². The lowest BCUT2D eigenvalue weighted by molar-refractivity contribution is -0.114. The van der Waals surface area contributed by atoms with Crippen molar-refractivity contribution in [1.29, 1.82) is 0 Å². The van der Waals surface area contributed by atoms with Crippen LogP contribution in [0.25, 0.3) is 0 Å². The molecule has 0 atom stereocenters. The van der Waals surface area contributed by atoms with E-state index in [9.17, 15) is 4.79 Å². The van der Waals surface area contributed by atoms with Gasteiger partial charge >= 0.3 is 0 Å². The Balaban J connectivity index is 1.86. The molecule has 0 aliphatic carbocycles. The van der Waals surface area contributed by atoms with Crippen molar-refractivity contribution in [3.63, 3.8) is 0 Å². The molecule has 0 radical (unpaired) electrons. The van der Waals surface area contributed by atoms with Crippen molar-refractivity contribution in [2.45, 2.75) is 20.0 Å². The van der Waals surface area contributed by atoms with Gasteiger partial charge in [-0.3, -0.25) is 4.79 Å². The maximum atomic E-state index is 11.0. The maximum Gasteiger partial charge on any atom is 0.221 e. The van der Waals surface area contributed by atoms with Gasteiger partial charge in [-0.05, 0) is 22.9 Å². The van der Waals surface area contributed by atoms with Crippen LogP contribution >= 0.6 is 22.7 Å². The van der Waals surface area contributed by atoms with Crippen molar-refractivity contribution in [1.82, 2.24) is 5.32 Å². The van der Waals surface area contributed by atoms with Gasteiger partial charge < -0.3 is 10.6 Å². The van der Waals surface area contributed by atoms with E-state index in [1.165, 1.54) is 11.8 Å². The van der Waals surface area contributed by atoms with Gasteiger partial charge in [-0.25, -0.2) is 0 Å². The summed E-state index contributed by atoms with van der Waals surface area (Å²) in [4.78, 5) is 13.5. The molecule has 17 heavy (non-hydrogen) atoms. The van der Waals surface area contributed by atoms with E-state index in [0.29, 0.717) is 0 Å². The summed E-state index contributed by atoms with van der Waals surface area (Å²) in [5.74, 6) is -0.0251. The van der Waals surface area contributed by atoms with Gasteiger partial charge in [0.25, 0.3) is 0 Å². The normalized spacial score (nSPS) is 10.4. The van der Waals surface area contributed by atoms with Crippen molar-refractivity contribution in [3.05, 3.63) is 38.7 Å². The average Bonchev–Trinajstić information content (AvgIpc) is 2.90. The molecule has 2 N–H and O–H groups in total. The molecule has 0 unspecified atom stereocenters. The number of hydrogen-bond donors (Lipinski definition) is 2. The zero-order chi connectivity index (χ0) is 12.1. The highest BCUT2D eigenvalue weighted by atomic mass is 32.1. The predicted molar refractivity (Wildman–Crippen MR) is 73.5 cm³/mol.